The molecule has 0 aliphatic heterocycles. The maximum atomic E-state index is 11.9. The van der Waals surface area contributed by atoms with Crippen LogP contribution in [-0.2, 0) is 4.79 Å². The minimum absolute atomic E-state index is 0.0537. The van der Waals surface area contributed by atoms with Crippen LogP contribution in [0.4, 0.5) is 4.79 Å². The van der Waals surface area contributed by atoms with Crippen molar-refractivity contribution in [2.75, 3.05) is 13.1 Å². The van der Waals surface area contributed by atoms with Crippen LogP contribution < -0.4 is 5.32 Å². The van der Waals surface area contributed by atoms with E-state index < -0.39 is 5.97 Å². The lowest BCUT2D eigenvalue weighted by Gasteiger charge is -2.25. The molecule has 0 bridgehead atoms. The Labute approximate surface area is 102 Å². The number of nitrogens with zero attached hydrogens (tertiary/aromatic N) is 1. The van der Waals surface area contributed by atoms with E-state index in [9.17, 15) is 9.59 Å². The van der Waals surface area contributed by atoms with Crippen molar-refractivity contribution < 1.29 is 14.7 Å². The number of rotatable bonds is 6. The second kappa shape index (κ2) is 5.89. The SMILES string of the molecule is CC(C)C(C)NC(=O)N(CC(=O)O)CC1CC1. The quantitative estimate of drug-likeness (QED) is 0.742. The van der Waals surface area contributed by atoms with Crippen LogP contribution in [0.3, 0.4) is 0 Å². The van der Waals surface area contributed by atoms with Crippen LogP contribution >= 0.6 is 0 Å². The lowest BCUT2D eigenvalue weighted by atomic mass is 10.1. The van der Waals surface area contributed by atoms with Crippen LogP contribution in [0.25, 0.3) is 0 Å². The van der Waals surface area contributed by atoms with Crippen LogP contribution in [0.2, 0.25) is 0 Å². The summed E-state index contributed by atoms with van der Waals surface area (Å²) in [6.07, 6.45) is 2.20. The van der Waals surface area contributed by atoms with Gasteiger partial charge in [-0.25, -0.2) is 4.79 Å². The Kier molecular flexibility index (Phi) is 4.78. The average molecular weight is 242 g/mol. The van der Waals surface area contributed by atoms with Gasteiger partial charge < -0.3 is 15.3 Å². The third-order valence-electron chi connectivity index (χ3n) is 3.14. The van der Waals surface area contributed by atoms with Gasteiger partial charge >= 0.3 is 12.0 Å². The van der Waals surface area contributed by atoms with E-state index in [1.54, 1.807) is 0 Å². The molecular weight excluding hydrogens is 220 g/mol. The molecule has 17 heavy (non-hydrogen) atoms. The molecule has 0 aromatic heterocycles. The number of urea groups is 1. The number of carbonyl (C=O) groups is 2. The van der Waals surface area contributed by atoms with E-state index in [1.807, 2.05) is 20.8 Å². The highest BCUT2D eigenvalue weighted by atomic mass is 16.4. The molecule has 5 nitrogen and oxygen atoms in total. The second-order valence-corrected chi connectivity index (χ2v) is 5.20. The maximum Gasteiger partial charge on any atom is 0.323 e. The van der Waals surface area contributed by atoms with Crippen molar-refractivity contribution in [3.05, 3.63) is 0 Å². The number of carboxylic acid groups (broad SMARTS) is 1. The summed E-state index contributed by atoms with van der Waals surface area (Å²) in [4.78, 5) is 24.0. The smallest absolute Gasteiger partial charge is 0.323 e. The standard InChI is InChI=1S/C12H22N2O3/c1-8(2)9(3)13-12(17)14(7-11(15)16)6-10-4-5-10/h8-10H,4-7H2,1-3H3,(H,13,17)(H,15,16). The summed E-state index contributed by atoms with van der Waals surface area (Å²) in [5, 5.41) is 11.6. The predicted octanol–water partition coefficient (Wildman–Crippen LogP) is 1.54. The van der Waals surface area contributed by atoms with Crippen molar-refractivity contribution in [2.45, 2.75) is 39.7 Å². The van der Waals surface area contributed by atoms with E-state index in [0.29, 0.717) is 18.4 Å². The van der Waals surface area contributed by atoms with Gasteiger partial charge in [-0.05, 0) is 31.6 Å². The van der Waals surface area contributed by atoms with E-state index in [0.717, 1.165) is 12.8 Å². The van der Waals surface area contributed by atoms with Crippen LogP contribution in [0.1, 0.15) is 33.6 Å². The molecule has 2 N–H and O–H groups in total. The molecule has 0 saturated heterocycles. The van der Waals surface area contributed by atoms with E-state index in [-0.39, 0.29) is 18.6 Å². The van der Waals surface area contributed by atoms with E-state index in [4.69, 9.17) is 5.11 Å². The predicted molar refractivity (Wildman–Crippen MR) is 64.8 cm³/mol. The summed E-state index contributed by atoms with van der Waals surface area (Å²) in [6, 6.07) is -0.210. The molecule has 5 heteroatoms. The number of carbonyl (C=O) groups excluding carboxylic acids is 1. The first kappa shape index (κ1) is 13.8. The Morgan fingerprint density at radius 3 is 2.35 bits per heavy atom. The van der Waals surface area contributed by atoms with Gasteiger partial charge in [0.05, 0.1) is 0 Å². The first-order valence-electron chi connectivity index (χ1n) is 6.17. The molecule has 98 valence electrons. The highest BCUT2D eigenvalue weighted by Gasteiger charge is 2.28. The molecule has 0 heterocycles. The highest BCUT2D eigenvalue weighted by Crippen LogP contribution is 2.29. The molecule has 1 rings (SSSR count). The first-order valence-corrected chi connectivity index (χ1v) is 6.17. The van der Waals surface area contributed by atoms with Crippen molar-refractivity contribution in [1.82, 2.24) is 10.2 Å². The fourth-order valence-electron chi connectivity index (χ4n) is 1.45. The number of amides is 2. The number of hydrogen-bond donors (Lipinski definition) is 2. The van der Waals surface area contributed by atoms with E-state index >= 15 is 0 Å². The summed E-state index contributed by atoms with van der Waals surface area (Å²) in [5.74, 6) is -0.126. The lowest BCUT2D eigenvalue weighted by Crippen LogP contribution is -2.48. The fraction of sp³-hybridized carbons (Fsp3) is 0.833. The van der Waals surface area contributed by atoms with Crippen LogP contribution in [0.15, 0.2) is 0 Å². The third-order valence-corrected chi connectivity index (χ3v) is 3.14. The zero-order valence-electron chi connectivity index (χ0n) is 10.8. The van der Waals surface area contributed by atoms with Gasteiger partial charge in [0.1, 0.15) is 6.54 Å². The summed E-state index contributed by atoms with van der Waals surface area (Å²) in [6.45, 7) is 6.31. The third kappa shape index (κ3) is 5.06. The maximum absolute atomic E-state index is 11.9. The van der Waals surface area contributed by atoms with Gasteiger partial charge in [0.15, 0.2) is 0 Å². The molecule has 1 unspecified atom stereocenters. The Morgan fingerprint density at radius 1 is 1.35 bits per heavy atom. The van der Waals surface area contributed by atoms with Crippen molar-refractivity contribution in [3.63, 3.8) is 0 Å². The normalized spacial score (nSPS) is 16.7. The monoisotopic (exact) mass is 242 g/mol. The Morgan fingerprint density at radius 2 is 1.94 bits per heavy atom. The van der Waals surface area contributed by atoms with E-state index in [2.05, 4.69) is 5.32 Å². The first-order chi connectivity index (χ1) is 7.90. The van der Waals surface area contributed by atoms with Gasteiger partial charge in [0, 0.05) is 12.6 Å². The Balaban J connectivity index is 2.48. The molecule has 0 aromatic rings. The van der Waals surface area contributed by atoms with Crippen LogP contribution in [0, 0.1) is 11.8 Å². The Hall–Kier alpha value is -1.26. The summed E-state index contributed by atoms with van der Waals surface area (Å²) < 4.78 is 0. The number of aliphatic carboxylic acids is 1. The summed E-state index contributed by atoms with van der Waals surface area (Å²) in [7, 11) is 0. The molecule has 1 aliphatic carbocycles. The van der Waals surface area contributed by atoms with Crippen molar-refractivity contribution in [2.24, 2.45) is 11.8 Å². The average Bonchev–Trinajstić information content (AvgIpc) is 2.99. The van der Waals surface area contributed by atoms with Crippen LogP contribution in [0.5, 0.6) is 0 Å². The fourth-order valence-corrected chi connectivity index (χ4v) is 1.45. The molecule has 0 radical (unpaired) electrons. The van der Waals surface area contributed by atoms with Gasteiger partial charge in [0.2, 0.25) is 0 Å². The summed E-state index contributed by atoms with van der Waals surface area (Å²) >= 11 is 0. The lowest BCUT2D eigenvalue weighted by molar-refractivity contribution is -0.137. The molecule has 1 atom stereocenters. The van der Waals surface area contributed by atoms with Crippen molar-refractivity contribution in [3.8, 4) is 0 Å². The molecule has 0 aromatic carbocycles. The molecule has 0 spiro atoms. The minimum atomic E-state index is -0.960. The molecule has 1 fully saturated rings. The zero-order chi connectivity index (χ0) is 13.0. The van der Waals surface area contributed by atoms with Gasteiger partial charge in [-0.1, -0.05) is 13.8 Å². The van der Waals surface area contributed by atoms with Gasteiger partial charge in [-0.3, -0.25) is 4.79 Å². The van der Waals surface area contributed by atoms with Crippen molar-refractivity contribution >= 4 is 12.0 Å². The van der Waals surface area contributed by atoms with Crippen LogP contribution in [-0.4, -0.2) is 41.1 Å². The minimum Gasteiger partial charge on any atom is -0.480 e. The summed E-state index contributed by atoms with van der Waals surface area (Å²) in [5.41, 5.74) is 0. The van der Waals surface area contributed by atoms with Gasteiger partial charge in [0.25, 0.3) is 0 Å². The topological polar surface area (TPSA) is 69.6 Å². The van der Waals surface area contributed by atoms with Crippen molar-refractivity contribution in [1.29, 1.82) is 0 Å². The number of carboxylic acids is 1. The molecule has 1 saturated carbocycles. The highest BCUT2D eigenvalue weighted by molar-refractivity contribution is 5.80. The Bertz CT molecular complexity index is 287. The molecular formula is C12H22N2O3. The van der Waals surface area contributed by atoms with Gasteiger partial charge in [-0.2, -0.15) is 0 Å². The number of hydrogen-bond acceptors (Lipinski definition) is 2. The molecule has 1 aliphatic rings. The van der Waals surface area contributed by atoms with Gasteiger partial charge in [-0.15, -0.1) is 0 Å². The number of nitrogens with one attached hydrogen (secondary N) is 1. The zero-order valence-corrected chi connectivity index (χ0v) is 10.8. The molecule has 2 amide bonds. The van der Waals surface area contributed by atoms with E-state index in [1.165, 1.54) is 4.90 Å². The largest absolute Gasteiger partial charge is 0.480 e. The second-order valence-electron chi connectivity index (χ2n) is 5.20.